The summed E-state index contributed by atoms with van der Waals surface area (Å²) in [5.74, 6) is 0.428. The van der Waals surface area contributed by atoms with Gasteiger partial charge in [-0.25, -0.2) is 14.8 Å². The average Bonchev–Trinajstić information content (AvgIpc) is 2.96. The lowest BCUT2D eigenvalue weighted by Crippen LogP contribution is -2.43. The lowest BCUT2D eigenvalue weighted by Gasteiger charge is -2.30. The molecule has 23 heavy (non-hydrogen) atoms. The van der Waals surface area contributed by atoms with Crippen molar-refractivity contribution in [3.8, 4) is 0 Å². The summed E-state index contributed by atoms with van der Waals surface area (Å²) in [6.07, 6.45) is 5.23. The minimum Gasteiger partial charge on any atom is -0.384 e. The van der Waals surface area contributed by atoms with E-state index in [2.05, 4.69) is 15.4 Å². The Hall–Kier alpha value is -1.71. The number of rotatable bonds is 5. The SMILES string of the molecule is CCn1ncc2c(NCC3CCN(S(N)(=O)=O)CC3)ccnc21. The number of hydrogen-bond donors (Lipinski definition) is 2. The van der Waals surface area contributed by atoms with Crippen LogP contribution in [0.25, 0.3) is 11.0 Å². The van der Waals surface area contributed by atoms with Crippen molar-refractivity contribution in [1.82, 2.24) is 19.1 Å². The van der Waals surface area contributed by atoms with Gasteiger partial charge in [0.1, 0.15) is 0 Å². The summed E-state index contributed by atoms with van der Waals surface area (Å²) < 4.78 is 25.9. The quantitative estimate of drug-likeness (QED) is 0.838. The van der Waals surface area contributed by atoms with E-state index in [4.69, 9.17) is 5.14 Å². The second-order valence-corrected chi connectivity index (χ2v) is 7.37. The van der Waals surface area contributed by atoms with Gasteiger partial charge < -0.3 is 5.32 Å². The third kappa shape index (κ3) is 3.46. The molecule has 3 heterocycles. The van der Waals surface area contributed by atoms with Crippen LogP contribution in [-0.2, 0) is 16.8 Å². The van der Waals surface area contributed by atoms with E-state index in [1.165, 1.54) is 4.31 Å². The molecule has 3 rings (SSSR count). The maximum atomic E-state index is 11.3. The minimum absolute atomic E-state index is 0.428. The van der Waals surface area contributed by atoms with Gasteiger partial charge in [-0.05, 0) is 31.7 Å². The number of piperidine rings is 1. The van der Waals surface area contributed by atoms with Crippen LogP contribution in [0.2, 0.25) is 0 Å². The highest BCUT2D eigenvalue weighted by molar-refractivity contribution is 7.86. The fraction of sp³-hybridized carbons (Fsp3) is 0.571. The molecule has 0 aliphatic carbocycles. The number of aryl methyl sites for hydroxylation is 1. The fourth-order valence-corrected chi connectivity index (χ4v) is 3.70. The second-order valence-electron chi connectivity index (χ2n) is 5.82. The fourth-order valence-electron chi connectivity index (χ4n) is 2.98. The van der Waals surface area contributed by atoms with E-state index in [1.807, 2.05) is 23.9 Å². The first kappa shape index (κ1) is 16.2. The van der Waals surface area contributed by atoms with Crippen LogP contribution < -0.4 is 10.5 Å². The van der Waals surface area contributed by atoms with Gasteiger partial charge in [-0.2, -0.15) is 17.8 Å². The summed E-state index contributed by atoms with van der Waals surface area (Å²) in [4.78, 5) is 4.38. The molecule has 9 heteroatoms. The van der Waals surface area contributed by atoms with Crippen LogP contribution in [0.5, 0.6) is 0 Å². The Morgan fingerprint density at radius 1 is 1.39 bits per heavy atom. The summed E-state index contributed by atoms with van der Waals surface area (Å²) in [5, 5.41) is 14.0. The molecule has 0 aromatic carbocycles. The smallest absolute Gasteiger partial charge is 0.276 e. The summed E-state index contributed by atoms with van der Waals surface area (Å²) in [6.45, 7) is 4.60. The first-order chi connectivity index (χ1) is 11.0. The highest BCUT2D eigenvalue weighted by Gasteiger charge is 2.25. The van der Waals surface area contributed by atoms with Crippen molar-refractivity contribution in [2.24, 2.45) is 11.1 Å². The molecule has 2 aromatic heterocycles. The molecule has 1 fully saturated rings. The molecule has 1 aliphatic heterocycles. The molecule has 0 unspecified atom stereocenters. The molecule has 0 atom stereocenters. The number of fused-ring (bicyclic) bond motifs is 1. The van der Waals surface area contributed by atoms with Crippen LogP contribution in [0.3, 0.4) is 0 Å². The summed E-state index contributed by atoms with van der Waals surface area (Å²) in [7, 11) is -3.55. The molecule has 1 aliphatic rings. The monoisotopic (exact) mass is 338 g/mol. The van der Waals surface area contributed by atoms with Crippen molar-refractivity contribution < 1.29 is 8.42 Å². The summed E-state index contributed by atoms with van der Waals surface area (Å²) in [5.41, 5.74) is 1.89. The van der Waals surface area contributed by atoms with Gasteiger partial charge in [-0.1, -0.05) is 0 Å². The highest BCUT2D eigenvalue weighted by Crippen LogP contribution is 2.23. The number of nitrogens with one attached hydrogen (secondary N) is 1. The van der Waals surface area contributed by atoms with Gasteiger partial charge >= 0.3 is 0 Å². The normalized spacial score (nSPS) is 17.7. The van der Waals surface area contributed by atoms with E-state index in [9.17, 15) is 8.42 Å². The Bertz CT molecular complexity index is 780. The molecule has 0 amide bonds. The van der Waals surface area contributed by atoms with Crippen LogP contribution in [0.1, 0.15) is 19.8 Å². The number of nitrogens with zero attached hydrogens (tertiary/aromatic N) is 4. The van der Waals surface area contributed by atoms with Gasteiger partial charge in [0.15, 0.2) is 5.65 Å². The number of nitrogens with two attached hydrogens (primary N) is 1. The Kier molecular flexibility index (Phi) is 4.51. The second kappa shape index (κ2) is 6.42. The molecular weight excluding hydrogens is 316 g/mol. The minimum atomic E-state index is -3.55. The predicted molar refractivity (Wildman–Crippen MR) is 89.1 cm³/mol. The maximum Gasteiger partial charge on any atom is 0.276 e. The number of pyridine rings is 1. The molecule has 126 valence electrons. The first-order valence-corrected chi connectivity index (χ1v) is 9.31. The molecular formula is C14H22N6O2S. The number of hydrogen-bond acceptors (Lipinski definition) is 5. The number of anilines is 1. The Morgan fingerprint density at radius 2 is 2.13 bits per heavy atom. The molecule has 0 radical (unpaired) electrons. The van der Waals surface area contributed by atoms with E-state index in [-0.39, 0.29) is 0 Å². The third-order valence-electron chi connectivity index (χ3n) is 4.35. The zero-order chi connectivity index (χ0) is 16.4. The molecule has 0 spiro atoms. The van der Waals surface area contributed by atoms with Gasteiger partial charge in [0.25, 0.3) is 10.2 Å². The van der Waals surface area contributed by atoms with Crippen LogP contribution in [0, 0.1) is 5.92 Å². The van der Waals surface area contributed by atoms with Crippen LogP contribution >= 0.6 is 0 Å². The van der Waals surface area contributed by atoms with Crippen LogP contribution in [-0.4, -0.2) is 47.1 Å². The van der Waals surface area contributed by atoms with Gasteiger partial charge in [-0.15, -0.1) is 0 Å². The molecule has 3 N–H and O–H groups in total. The van der Waals surface area contributed by atoms with E-state index < -0.39 is 10.2 Å². The standard InChI is InChI=1S/C14H22N6O2S/c1-2-20-14-12(10-18-20)13(3-6-16-14)17-9-11-4-7-19(8-5-11)23(15,21)22/h3,6,10-11H,2,4-5,7-9H2,1H3,(H,16,17)(H2,15,21,22). The maximum absolute atomic E-state index is 11.3. The van der Waals surface area contributed by atoms with Crippen molar-refractivity contribution >= 4 is 26.9 Å². The zero-order valence-electron chi connectivity index (χ0n) is 13.1. The highest BCUT2D eigenvalue weighted by atomic mass is 32.2. The average molecular weight is 338 g/mol. The Morgan fingerprint density at radius 3 is 2.78 bits per heavy atom. The van der Waals surface area contributed by atoms with Crippen molar-refractivity contribution in [2.75, 3.05) is 25.0 Å². The topological polar surface area (TPSA) is 106 Å². The van der Waals surface area contributed by atoms with Gasteiger partial charge in [0.05, 0.1) is 11.6 Å². The van der Waals surface area contributed by atoms with Crippen molar-refractivity contribution in [3.63, 3.8) is 0 Å². The molecule has 1 saturated heterocycles. The molecule has 2 aromatic rings. The summed E-state index contributed by atoms with van der Waals surface area (Å²) >= 11 is 0. The lowest BCUT2D eigenvalue weighted by atomic mass is 9.98. The molecule has 0 bridgehead atoms. The van der Waals surface area contributed by atoms with Crippen molar-refractivity contribution in [2.45, 2.75) is 26.3 Å². The zero-order valence-corrected chi connectivity index (χ0v) is 14.0. The van der Waals surface area contributed by atoms with Crippen LogP contribution in [0.15, 0.2) is 18.5 Å². The van der Waals surface area contributed by atoms with Gasteiger partial charge in [0, 0.05) is 38.1 Å². The van der Waals surface area contributed by atoms with Gasteiger partial charge in [0.2, 0.25) is 0 Å². The van der Waals surface area contributed by atoms with Gasteiger partial charge in [-0.3, -0.25) is 0 Å². The van der Waals surface area contributed by atoms with Crippen molar-refractivity contribution in [1.29, 1.82) is 0 Å². The van der Waals surface area contributed by atoms with E-state index >= 15 is 0 Å². The third-order valence-corrected chi connectivity index (χ3v) is 5.44. The summed E-state index contributed by atoms with van der Waals surface area (Å²) in [6, 6.07) is 1.95. The Balaban J connectivity index is 1.63. The van der Waals surface area contributed by atoms with Crippen LogP contribution in [0.4, 0.5) is 5.69 Å². The predicted octanol–water partition coefficient (Wildman–Crippen LogP) is 0.779. The molecule has 8 nitrogen and oxygen atoms in total. The number of aromatic nitrogens is 3. The Labute approximate surface area is 135 Å². The largest absolute Gasteiger partial charge is 0.384 e. The van der Waals surface area contributed by atoms with Crippen molar-refractivity contribution in [3.05, 3.63) is 18.5 Å². The lowest BCUT2D eigenvalue weighted by molar-refractivity contribution is 0.282. The first-order valence-electron chi connectivity index (χ1n) is 7.81. The van der Waals surface area contributed by atoms with E-state index in [0.29, 0.717) is 19.0 Å². The molecule has 0 saturated carbocycles. The van der Waals surface area contributed by atoms with E-state index in [1.54, 1.807) is 6.20 Å². The van der Waals surface area contributed by atoms with E-state index in [0.717, 1.165) is 42.7 Å².